The lowest BCUT2D eigenvalue weighted by Gasteiger charge is -2.25. The Labute approximate surface area is 153 Å². The van der Waals surface area contributed by atoms with Crippen molar-refractivity contribution in [3.8, 4) is 0 Å². The Morgan fingerprint density at radius 2 is 2.04 bits per heavy atom. The summed E-state index contributed by atoms with van der Waals surface area (Å²) in [5, 5.41) is 3.42. The van der Waals surface area contributed by atoms with Gasteiger partial charge in [-0.25, -0.2) is 0 Å². The lowest BCUT2D eigenvalue weighted by Crippen LogP contribution is -2.30. The highest BCUT2D eigenvalue weighted by atomic mass is 79.9. The van der Waals surface area contributed by atoms with Gasteiger partial charge in [-0.2, -0.15) is 0 Å². The first-order chi connectivity index (χ1) is 11.5. The molecule has 2 heterocycles. The van der Waals surface area contributed by atoms with Crippen molar-refractivity contribution >= 4 is 44.1 Å². The van der Waals surface area contributed by atoms with Gasteiger partial charge >= 0.3 is 0 Å². The summed E-state index contributed by atoms with van der Waals surface area (Å²) in [7, 11) is 0. The van der Waals surface area contributed by atoms with Crippen LogP contribution in [0.5, 0.6) is 0 Å². The molecule has 0 radical (unpaired) electrons. The molecule has 0 atom stereocenters. The van der Waals surface area contributed by atoms with Gasteiger partial charge in [0.15, 0.2) is 0 Å². The van der Waals surface area contributed by atoms with Crippen molar-refractivity contribution in [3.05, 3.63) is 50.3 Å². The summed E-state index contributed by atoms with van der Waals surface area (Å²) >= 11 is 4.80. The molecule has 2 amide bonds. The molecule has 1 aliphatic rings. The number of halogens is 1. The molecule has 2 aromatic rings. The third kappa shape index (κ3) is 3.38. The summed E-state index contributed by atoms with van der Waals surface area (Å²) in [6.07, 6.45) is 0.784. The van der Waals surface area contributed by atoms with E-state index in [1.807, 2.05) is 12.1 Å². The van der Waals surface area contributed by atoms with Gasteiger partial charge < -0.3 is 11.1 Å². The van der Waals surface area contributed by atoms with Gasteiger partial charge in [-0.1, -0.05) is 22.9 Å². The highest BCUT2D eigenvalue weighted by Gasteiger charge is 2.27. The van der Waals surface area contributed by atoms with Crippen LogP contribution in [0.3, 0.4) is 0 Å². The molecule has 1 aliphatic heterocycles. The second-order valence-electron chi connectivity index (χ2n) is 5.65. The van der Waals surface area contributed by atoms with Crippen LogP contribution in [-0.4, -0.2) is 29.8 Å². The highest BCUT2D eigenvalue weighted by molar-refractivity contribution is 9.10. The molecule has 0 aliphatic carbocycles. The number of amides is 2. The number of hydrogen-bond acceptors (Lipinski definition) is 4. The first-order valence-corrected chi connectivity index (χ1v) is 9.34. The lowest BCUT2D eigenvalue weighted by atomic mass is 10.0. The second-order valence-corrected chi connectivity index (χ2v) is 7.67. The Bertz CT molecular complexity index is 786. The number of carbonyl (C=O) groups is 2. The quantitative estimate of drug-likeness (QED) is 0.816. The van der Waals surface area contributed by atoms with Crippen molar-refractivity contribution < 1.29 is 9.59 Å². The average molecular weight is 408 g/mol. The smallest absolute Gasteiger partial charge is 0.256 e. The molecule has 0 bridgehead atoms. The fourth-order valence-electron chi connectivity index (χ4n) is 2.85. The Hall–Kier alpha value is -1.70. The summed E-state index contributed by atoms with van der Waals surface area (Å²) in [6, 6.07) is 7.08. The molecule has 24 heavy (non-hydrogen) atoms. The standard InChI is InChI=1S/C17H18BrN3O2S/c1-2-21-8-7-12-13(9-21)24-17(14(12)15(19)22)20-16(23)10-3-5-11(18)6-4-10/h3-6H,2,7-9H2,1H3,(H2,19,22)(H,20,23). The van der Waals surface area contributed by atoms with E-state index in [2.05, 4.69) is 33.1 Å². The van der Waals surface area contributed by atoms with Crippen LogP contribution in [0.2, 0.25) is 0 Å². The van der Waals surface area contributed by atoms with E-state index in [4.69, 9.17) is 5.73 Å². The summed E-state index contributed by atoms with van der Waals surface area (Å²) in [4.78, 5) is 27.8. The number of thiophene rings is 1. The van der Waals surface area contributed by atoms with Crippen LogP contribution < -0.4 is 11.1 Å². The molecule has 3 rings (SSSR count). The molecule has 0 unspecified atom stereocenters. The van der Waals surface area contributed by atoms with Gasteiger partial charge in [0.1, 0.15) is 5.00 Å². The lowest BCUT2D eigenvalue weighted by molar-refractivity contribution is 0.1000. The minimum absolute atomic E-state index is 0.240. The van der Waals surface area contributed by atoms with Crippen LogP contribution in [0.4, 0.5) is 5.00 Å². The van der Waals surface area contributed by atoms with E-state index in [1.165, 1.54) is 11.3 Å². The van der Waals surface area contributed by atoms with E-state index in [0.717, 1.165) is 41.0 Å². The largest absolute Gasteiger partial charge is 0.365 e. The van der Waals surface area contributed by atoms with Gasteiger partial charge in [-0.15, -0.1) is 11.3 Å². The maximum atomic E-state index is 12.5. The van der Waals surface area contributed by atoms with Crippen molar-refractivity contribution in [1.82, 2.24) is 4.90 Å². The molecule has 5 nitrogen and oxygen atoms in total. The van der Waals surface area contributed by atoms with Crippen LogP contribution in [0.15, 0.2) is 28.7 Å². The number of fused-ring (bicyclic) bond motifs is 1. The molecule has 0 spiro atoms. The third-order valence-electron chi connectivity index (χ3n) is 4.16. The number of rotatable bonds is 4. The number of carbonyl (C=O) groups excluding carboxylic acids is 2. The molecule has 1 aromatic heterocycles. The van der Waals surface area contributed by atoms with E-state index < -0.39 is 5.91 Å². The van der Waals surface area contributed by atoms with Gasteiger partial charge in [0, 0.05) is 28.0 Å². The molecular formula is C17H18BrN3O2S. The van der Waals surface area contributed by atoms with Crippen LogP contribution in [0, 0.1) is 0 Å². The van der Waals surface area contributed by atoms with Crippen LogP contribution in [0.25, 0.3) is 0 Å². The van der Waals surface area contributed by atoms with Crippen molar-refractivity contribution in [2.75, 3.05) is 18.4 Å². The van der Waals surface area contributed by atoms with E-state index in [9.17, 15) is 9.59 Å². The van der Waals surface area contributed by atoms with Crippen molar-refractivity contribution in [2.45, 2.75) is 19.9 Å². The van der Waals surface area contributed by atoms with Gasteiger partial charge in [-0.3, -0.25) is 14.5 Å². The first-order valence-electron chi connectivity index (χ1n) is 7.73. The molecule has 7 heteroatoms. The third-order valence-corrected chi connectivity index (χ3v) is 5.82. The zero-order valence-electron chi connectivity index (χ0n) is 13.3. The Kier molecular flexibility index (Phi) is 5.03. The summed E-state index contributed by atoms with van der Waals surface area (Å²) in [5.74, 6) is -0.723. The van der Waals surface area contributed by atoms with Crippen LogP contribution >= 0.6 is 27.3 Å². The second kappa shape index (κ2) is 7.04. The summed E-state index contributed by atoms with van der Waals surface area (Å²) in [5.41, 5.74) is 7.58. The van der Waals surface area contributed by atoms with Gasteiger partial charge in [0.25, 0.3) is 11.8 Å². The zero-order valence-corrected chi connectivity index (χ0v) is 15.7. The SMILES string of the molecule is CCN1CCc2c(sc(NC(=O)c3ccc(Br)cc3)c2C(N)=O)C1. The Balaban J connectivity index is 1.90. The maximum Gasteiger partial charge on any atom is 0.256 e. The van der Waals surface area contributed by atoms with E-state index in [0.29, 0.717) is 16.1 Å². The fourth-order valence-corrected chi connectivity index (χ4v) is 4.41. The highest BCUT2D eigenvalue weighted by Crippen LogP contribution is 2.37. The number of anilines is 1. The number of primary amides is 1. The number of benzene rings is 1. The summed E-state index contributed by atoms with van der Waals surface area (Å²) in [6.45, 7) is 4.78. The molecule has 0 fully saturated rings. The van der Waals surface area contributed by atoms with Crippen LogP contribution in [-0.2, 0) is 13.0 Å². The molecule has 0 saturated carbocycles. The molecule has 1 aromatic carbocycles. The molecule has 3 N–H and O–H groups in total. The van der Waals surface area contributed by atoms with E-state index in [-0.39, 0.29) is 5.91 Å². The van der Waals surface area contributed by atoms with E-state index >= 15 is 0 Å². The van der Waals surface area contributed by atoms with Crippen molar-refractivity contribution in [2.24, 2.45) is 5.73 Å². The van der Waals surface area contributed by atoms with Gasteiger partial charge in [0.05, 0.1) is 5.56 Å². The van der Waals surface area contributed by atoms with Crippen molar-refractivity contribution in [3.63, 3.8) is 0 Å². The average Bonchev–Trinajstić information content (AvgIpc) is 2.92. The number of nitrogens with one attached hydrogen (secondary N) is 1. The number of likely N-dealkylation sites (N-methyl/N-ethyl adjacent to an activating group) is 1. The van der Waals surface area contributed by atoms with Gasteiger partial charge in [-0.05, 0) is 42.8 Å². The summed E-state index contributed by atoms with van der Waals surface area (Å²) < 4.78 is 0.906. The topological polar surface area (TPSA) is 75.4 Å². The molecular weight excluding hydrogens is 390 g/mol. The molecule has 0 saturated heterocycles. The molecule has 126 valence electrons. The van der Waals surface area contributed by atoms with E-state index in [1.54, 1.807) is 12.1 Å². The normalized spacial score (nSPS) is 14.2. The number of nitrogens with two attached hydrogens (primary N) is 1. The maximum absolute atomic E-state index is 12.5. The Morgan fingerprint density at radius 1 is 1.33 bits per heavy atom. The van der Waals surface area contributed by atoms with Crippen molar-refractivity contribution in [1.29, 1.82) is 0 Å². The monoisotopic (exact) mass is 407 g/mol. The zero-order chi connectivity index (χ0) is 17.3. The minimum Gasteiger partial charge on any atom is -0.365 e. The van der Waals surface area contributed by atoms with Crippen LogP contribution in [0.1, 0.15) is 38.1 Å². The number of nitrogens with zero attached hydrogens (tertiary/aromatic N) is 1. The van der Waals surface area contributed by atoms with Gasteiger partial charge in [0.2, 0.25) is 0 Å². The predicted molar refractivity (Wildman–Crippen MR) is 99.6 cm³/mol. The first kappa shape index (κ1) is 17.1. The Morgan fingerprint density at radius 3 is 2.67 bits per heavy atom. The predicted octanol–water partition coefficient (Wildman–Crippen LogP) is 3.24. The fraction of sp³-hybridized carbons (Fsp3) is 0.294. The number of hydrogen-bond donors (Lipinski definition) is 2. The minimum atomic E-state index is -0.483.